The van der Waals surface area contributed by atoms with Gasteiger partial charge in [0.2, 0.25) is 5.13 Å². The zero-order chi connectivity index (χ0) is 17.9. The maximum absolute atomic E-state index is 12.4. The number of hydrogen-bond donors (Lipinski definition) is 2. The van der Waals surface area contributed by atoms with E-state index >= 15 is 0 Å². The van der Waals surface area contributed by atoms with Crippen molar-refractivity contribution in [3.05, 3.63) is 70.8 Å². The molecular formula is C18H12BrN5OS. The van der Waals surface area contributed by atoms with Gasteiger partial charge in [-0.2, -0.15) is 5.10 Å². The summed E-state index contributed by atoms with van der Waals surface area (Å²) in [7, 11) is 0. The summed E-state index contributed by atoms with van der Waals surface area (Å²) in [5.74, 6) is -0.309. The average Bonchev–Trinajstić information content (AvgIpc) is 3.33. The molecule has 0 radical (unpaired) electrons. The fourth-order valence-corrected chi connectivity index (χ4v) is 3.35. The molecule has 0 spiro atoms. The number of benzene rings is 2. The van der Waals surface area contributed by atoms with Gasteiger partial charge >= 0.3 is 0 Å². The van der Waals surface area contributed by atoms with E-state index in [-0.39, 0.29) is 5.91 Å². The number of aromatic amines is 1. The number of nitrogens with zero attached hydrogens (tertiary/aromatic N) is 3. The van der Waals surface area contributed by atoms with Gasteiger partial charge in [-0.05, 0) is 18.2 Å². The lowest BCUT2D eigenvalue weighted by Crippen LogP contribution is -2.12. The summed E-state index contributed by atoms with van der Waals surface area (Å²) >= 11 is 4.72. The van der Waals surface area contributed by atoms with Crippen molar-refractivity contribution in [3.63, 3.8) is 0 Å². The van der Waals surface area contributed by atoms with Gasteiger partial charge in [-0.3, -0.25) is 15.2 Å². The van der Waals surface area contributed by atoms with Gasteiger partial charge in [-0.15, -0.1) is 10.2 Å². The van der Waals surface area contributed by atoms with Crippen molar-refractivity contribution in [1.82, 2.24) is 20.4 Å². The maximum Gasteiger partial charge on any atom is 0.275 e. The third kappa shape index (κ3) is 3.56. The highest BCUT2D eigenvalue weighted by Gasteiger charge is 2.14. The number of nitrogens with one attached hydrogen (secondary N) is 2. The Labute approximate surface area is 161 Å². The van der Waals surface area contributed by atoms with Crippen LogP contribution in [0.5, 0.6) is 0 Å². The SMILES string of the molecule is O=C(Nc1nnc(-c2ccccc2)s1)c1cc(-c2ccc(Br)cc2)n[nH]1. The van der Waals surface area contributed by atoms with Gasteiger partial charge in [-0.25, -0.2) is 0 Å². The van der Waals surface area contributed by atoms with Gasteiger partial charge in [0, 0.05) is 15.6 Å². The summed E-state index contributed by atoms with van der Waals surface area (Å²) in [4.78, 5) is 12.4. The molecule has 2 heterocycles. The van der Waals surface area contributed by atoms with Crippen molar-refractivity contribution in [3.8, 4) is 21.8 Å². The van der Waals surface area contributed by atoms with Crippen LogP contribution in [0.25, 0.3) is 21.8 Å². The zero-order valence-corrected chi connectivity index (χ0v) is 15.7. The highest BCUT2D eigenvalue weighted by molar-refractivity contribution is 9.10. The first-order chi connectivity index (χ1) is 12.7. The molecule has 0 unspecified atom stereocenters. The number of hydrogen-bond acceptors (Lipinski definition) is 5. The molecule has 4 aromatic rings. The van der Waals surface area contributed by atoms with Crippen molar-refractivity contribution >= 4 is 38.3 Å². The highest BCUT2D eigenvalue weighted by Crippen LogP contribution is 2.26. The van der Waals surface area contributed by atoms with Crippen molar-refractivity contribution in [2.45, 2.75) is 0 Å². The number of halogens is 1. The Hall–Kier alpha value is -2.84. The summed E-state index contributed by atoms with van der Waals surface area (Å²) in [6, 6.07) is 19.1. The predicted octanol–water partition coefficient (Wildman–Crippen LogP) is 4.61. The minimum Gasteiger partial charge on any atom is -0.295 e. The molecule has 0 saturated heterocycles. The molecule has 0 atom stereocenters. The molecule has 0 aliphatic rings. The Bertz CT molecular complexity index is 1040. The number of H-pyrrole nitrogens is 1. The predicted molar refractivity (Wildman–Crippen MR) is 105 cm³/mol. The second kappa shape index (κ2) is 7.19. The largest absolute Gasteiger partial charge is 0.295 e. The Morgan fingerprint density at radius 3 is 2.54 bits per heavy atom. The van der Waals surface area contributed by atoms with Gasteiger partial charge in [0.15, 0.2) is 0 Å². The third-order valence-corrected chi connectivity index (χ3v) is 5.05. The number of aromatic nitrogens is 4. The van der Waals surface area contributed by atoms with E-state index < -0.39 is 0 Å². The molecule has 0 saturated carbocycles. The lowest BCUT2D eigenvalue weighted by molar-refractivity contribution is 0.102. The topological polar surface area (TPSA) is 83.6 Å². The van der Waals surface area contributed by atoms with E-state index in [0.717, 1.165) is 20.6 Å². The first-order valence-corrected chi connectivity index (χ1v) is 9.31. The average molecular weight is 426 g/mol. The lowest BCUT2D eigenvalue weighted by Gasteiger charge is -1.97. The fraction of sp³-hybridized carbons (Fsp3) is 0. The fourth-order valence-electron chi connectivity index (χ4n) is 2.34. The van der Waals surface area contributed by atoms with Crippen molar-refractivity contribution in [2.24, 2.45) is 0 Å². The normalized spacial score (nSPS) is 10.7. The van der Waals surface area contributed by atoms with Crippen molar-refractivity contribution < 1.29 is 4.79 Å². The first kappa shape index (κ1) is 16.6. The maximum atomic E-state index is 12.4. The van der Waals surface area contributed by atoms with E-state index in [1.807, 2.05) is 54.6 Å². The summed E-state index contributed by atoms with van der Waals surface area (Å²) in [6.07, 6.45) is 0. The molecule has 6 nitrogen and oxygen atoms in total. The molecule has 4 rings (SSSR count). The van der Waals surface area contributed by atoms with Crippen LogP contribution in [-0.4, -0.2) is 26.3 Å². The second-order valence-corrected chi connectivity index (χ2v) is 7.30. The van der Waals surface area contributed by atoms with Gasteiger partial charge < -0.3 is 0 Å². The molecule has 0 bridgehead atoms. The molecule has 2 aromatic heterocycles. The molecule has 8 heteroatoms. The van der Waals surface area contributed by atoms with Crippen LogP contribution in [0.1, 0.15) is 10.5 Å². The minimum absolute atomic E-state index is 0.309. The zero-order valence-electron chi connectivity index (χ0n) is 13.3. The molecular weight excluding hydrogens is 414 g/mol. The van der Waals surface area contributed by atoms with Gasteiger partial charge in [-0.1, -0.05) is 69.7 Å². The number of amides is 1. The molecule has 0 aliphatic heterocycles. The van der Waals surface area contributed by atoms with E-state index in [9.17, 15) is 4.79 Å². The summed E-state index contributed by atoms with van der Waals surface area (Å²) in [5, 5.41) is 19.0. The standard InChI is InChI=1S/C18H12BrN5OS/c19-13-8-6-11(7-9-13)14-10-15(22-21-14)16(25)20-18-24-23-17(26-18)12-4-2-1-3-5-12/h1-10H,(H,21,22)(H,20,24,25). The summed E-state index contributed by atoms with van der Waals surface area (Å²) in [6.45, 7) is 0. The number of rotatable bonds is 4. The second-order valence-electron chi connectivity index (χ2n) is 5.41. The van der Waals surface area contributed by atoms with Gasteiger partial charge in [0.05, 0.1) is 5.69 Å². The number of carbonyl (C=O) groups is 1. The van der Waals surface area contributed by atoms with Crippen LogP contribution < -0.4 is 5.32 Å². The summed E-state index contributed by atoms with van der Waals surface area (Å²) < 4.78 is 0.986. The van der Waals surface area contributed by atoms with Crippen LogP contribution in [0.4, 0.5) is 5.13 Å². The van der Waals surface area contributed by atoms with Crippen molar-refractivity contribution in [2.75, 3.05) is 5.32 Å². The molecule has 2 N–H and O–H groups in total. The Kier molecular flexibility index (Phi) is 4.59. The van der Waals surface area contributed by atoms with Crippen LogP contribution in [0.3, 0.4) is 0 Å². The van der Waals surface area contributed by atoms with Gasteiger partial charge in [0.1, 0.15) is 10.7 Å². The molecule has 1 amide bonds. The molecule has 0 fully saturated rings. The molecule has 2 aromatic carbocycles. The molecule has 128 valence electrons. The van der Waals surface area contributed by atoms with E-state index in [1.165, 1.54) is 11.3 Å². The lowest BCUT2D eigenvalue weighted by atomic mass is 10.1. The molecule has 0 aliphatic carbocycles. The quantitative estimate of drug-likeness (QED) is 0.499. The Balaban J connectivity index is 1.49. The number of anilines is 1. The third-order valence-electron chi connectivity index (χ3n) is 3.63. The molecule has 26 heavy (non-hydrogen) atoms. The monoisotopic (exact) mass is 425 g/mol. The van der Waals surface area contributed by atoms with E-state index in [1.54, 1.807) is 6.07 Å². The summed E-state index contributed by atoms with van der Waals surface area (Å²) in [5.41, 5.74) is 2.94. The van der Waals surface area contributed by atoms with Crippen LogP contribution in [0.2, 0.25) is 0 Å². The highest BCUT2D eigenvalue weighted by atomic mass is 79.9. The van der Waals surface area contributed by atoms with Crippen LogP contribution in [0, 0.1) is 0 Å². The Morgan fingerprint density at radius 1 is 1.00 bits per heavy atom. The van der Waals surface area contributed by atoms with E-state index in [2.05, 4.69) is 41.6 Å². The van der Waals surface area contributed by atoms with Crippen LogP contribution >= 0.6 is 27.3 Å². The van der Waals surface area contributed by atoms with Crippen molar-refractivity contribution in [1.29, 1.82) is 0 Å². The van der Waals surface area contributed by atoms with Crippen LogP contribution in [-0.2, 0) is 0 Å². The number of carbonyl (C=O) groups excluding carboxylic acids is 1. The van der Waals surface area contributed by atoms with Crippen LogP contribution in [0.15, 0.2) is 65.1 Å². The van der Waals surface area contributed by atoms with E-state index in [0.29, 0.717) is 16.5 Å². The minimum atomic E-state index is -0.309. The van der Waals surface area contributed by atoms with E-state index in [4.69, 9.17) is 0 Å². The Morgan fingerprint density at radius 2 is 1.77 bits per heavy atom. The first-order valence-electron chi connectivity index (χ1n) is 7.71. The smallest absolute Gasteiger partial charge is 0.275 e. The van der Waals surface area contributed by atoms with Gasteiger partial charge in [0.25, 0.3) is 5.91 Å².